The summed E-state index contributed by atoms with van der Waals surface area (Å²) in [5.74, 6) is -0.456. The Morgan fingerprint density at radius 3 is 2.65 bits per heavy atom. The zero-order valence-corrected chi connectivity index (χ0v) is 18.5. The Hall–Kier alpha value is -2.20. The Labute approximate surface area is 182 Å². The number of carbonyl (C=O) groups excluding carboxylic acids is 2. The quantitative estimate of drug-likeness (QED) is 0.367. The lowest BCUT2D eigenvalue weighted by molar-refractivity contribution is -0.118. The van der Waals surface area contributed by atoms with Gasteiger partial charge in [-0.15, -0.1) is 0 Å². The number of hydrogen-bond acceptors (Lipinski definition) is 6. The molecular formula is C21H30FN3O5S. The number of ether oxygens (including phenoxy) is 1. The van der Waals surface area contributed by atoms with Crippen molar-refractivity contribution >= 4 is 21.8 Å². The molecule has 2 aliphatic rings. The lowest BCUT2D eigenvalue weighted by Crippen LogP contribution is -2.45. The lowest BCUT2D eigenvalue weighted by atomic mass is 10.0. The largest absolute Gasteiger partial charge is 0.490 e. The molecule has 1 aromatic rings. The average Bonchev–Trinajstić information content (AvgIpc) is 2.98. The van der Waals surface area contributed by atoms with Gasteiger partial charge in [-0.05, 0) is 36.5 Å². The molecule has 1 atom stereocenters. The molecule has 2 N–H and O–H groups in total. The average molecular weight is 456 g/mol. The van der Waals surface area contributed by atoms with E-state index in [-0.39, 0.29) is 35.6 Å². The molecule has 172 valence electrons. The molecule has 10 heteroatoms. The van der Waals surface area contributed by atoms with Crippen molar-refractivity contribution in [2.45, 2.75) is 32.1 Å². The molecule has 0 spiro atoms. The third-order valence-electron chi connectivity index (χ3n) is 5.62. The van der Waals surface area contributed by atoms with E-state index in [1.165, 1.54) is 11.0 Å². The highest BCUT2D eigenvalue weighted by atomic mass is 32.2. The topological polar surface area (TPSA) is 105 Å². The molecule has 2 saturated heterocycles. The van der Waals surface area contributed by atoms with E-state index < -0.39 is 21.7 Å². The van der Waals surface area contributed by atoms with Crippen LogP contribution < -0.4 is 15.4 Å². The van der Waals surface area contributed by atoms with Gasteiger partial charge < -0.3 is 15.0 Å². The van der Waals surface area contributed by atoms with Gasteiger partial charge in [-0.3, -0.25) is 10.1 Å². The summed E-state index contributed by atoms with van der Waals surface area (Å²) < 4.78 is 44.6. The van der Waals surface area contributed by atoms with Gasteiger partial charge in [0.25, 0.3) is 0 Å². The van der Waals surface area contributed by atoms with Gasteiger partial charge in [-0.25, -0.2) is 17.6 Å². The molecule has 1 aromatic carbocycles. The van der Waals surface area contributed by atoms with Gasteiger partial charge in [-0.1, -0.05) is 19.4 Å². The minimum absolute atomic E-state index is 0.0202. The first-order valence-electron chi connectivity index (χ1n) is 10.7. The third-order valence-corrected chi connectivity index (χ3v) is 7.54. The highest BCUT2D eigenvalue weighted by Gasteiger charge is 2.26. The number of sulfone groups is 1. The smallest absolute Gasteiger partial charge is 0.324 e. The Balaban J connectivity index is 1.42. The lowest BCUT2D eigenvalue weighted by Gasteiger charge is -2.27. The zero-order valence-electron chi connectivity index (χ0n) is 17.7. The van der Waals surface area contributed by atoms with Crippen LogP contribution in [0.25, 0.3) is 0 Å². The second-order valence-corrected chi connectivity index (χ2v) is 10.6. The van der Waals surface area contributed by atoms with Gasteiger partial charge in [0.1, 0.15) is 6.54 Å². The highest BCUT2D eigenvalue weighted by Crippen LogP contribution is 2.26. The Morgan fingerprint density at radius 2 is 2.00 bits per heavy atom. The molecule has 31 heavy (non-hydrogen) atoms. The van der Waals surface area contributed by atoms with E-state index in [2.05, 4.69) is 10.6 Å². The number of amides is 3. The number of imide groups is 1. The predicted octanol–water partition coefficient (Wildman–Crippen LogP) is 1.66. The van der Waals surface area contributed by atoms with E-state index >= 15 is 0 Å². The van der Waals surface area contributed by atoms with Gasteiger partial charge in [0, 0.05) is 25.6 Å². The molecule has 0 saturated carbocycles. The summed E-state index contributed by atoms with van der Waals surface area (Å²) in [5, 5.41) is 5.35. The number of hydrogen-bond donors (Lipinski definition) is 2. The molecule has 3 amide bonds. The van der Waals surface area contributed by atoms with Gasteiger partial charge >= 0.3 is 6.03 Å². The van der Waals surface area contributed by atoms with Gasteiger partial charge in [0.15, 0.2) is 21.4 Å². The number of unbranched alkanes of at least 4 members (excludes halogenated alkanes) is 2. The Kier molecular flexibility index (Phi) is 7.88. The van der Waals surface area contributed by atoms with E-state index in [1.54, 1.807) is 12.1 Å². The summed E-state index contributed by atoms with van der Waals surface area (Å²) in [6, 6.07) is 4.14. The third kappa shape index (κ3) is 6.90. The van der Waals surface area contributed by atoms with Crippen molar-refractivity contribution in [1.29, 1.82) is 0 Å². The fraction of sp³-hybridized carbons (Fsp3) is 0.619. The molecule has 0 unspecified atom stereocenters. The molecule has 0 aromatic heterocycles. The minimum atomic E-state index is -3.28. The van der Waals surface area contributed by atoms with Crippen molar-refractivity contribution in [1.82, 2.24) is 15.5 Å². The van der Waals surface area contributed by atoms with E-state index in [9.17, 15) is 22.4 Å². The molecule has 3 rings (SSSR count). The summed E-state index contributed by atoms with van der Waals surface area (Å²) in [6.45, 7) is 4.47. The standard InChI is InChI=1S/C21H30FN3O5S/c1-15(17-5-6-18(22)19(9-17)30-13-16-10-23-11-16)14-31(28,29)8-4-2-3-7-25-12-20(26)24-21(25)27/h5-6,9,15-16,23H,2-4,7-8,10-14H2,1H3,(H,24,26,27)/t15-/m0/s1. The van der Waals surface area contributed by atoms with Crippen LogP contribution in [-0.4, -0.2) is 69.5 Å². The van der Waals surface area contributed by atoms with Crippen molar-refractivity contribution in [3.8, 4) is 5.75 Å². The fourth-order valence-electron chi connectivity index (χ4n) is 3.64. The van der Waals surface area contributed by atoms with Crippen LogP contribution in [0.1, 0.15) is 37.7 Å². The normalized spacial score (nSPS) is 18.1. The van der Waals surface area contributed by atoms with E-state index in [4.69, 9.17) is 4.74 Å². The minimum Gasteiger partial charge on any atom is -0.490 e. The molecule has 8 nitrogen and oxygen atoms in total. The number of carbonyl (C=O) groups is 2. The van der Waals surface area contributed by atoms with Crippen LogP contribution in [0.4, 0.5) is 9.18 Å². The summed E-state index contributed by atoms with van der Waals surface area (Å²) in [6.07, 6.45) is 1.78. The van der Waals surface area contributed by atoms with Crippen LogP contribution in [0.5, 0.6) is 5.75 Å². The molecule has 2 fully saturated rings. The number of nitrogens with one attached hydrogen (secondary N) is 2. The highest BCUT2D eigenvalue weighted by molar-refractivity contribution is 7.91. The van der Waals surface area contributed by atoms with Crippen molar-refractivity contribution in [3.63, 3.8) is 0 Å². The maximum Gasteiger partial charge on any atom is 0.324 e. The van der Waals surface area contributed by atoms with Crippen molar-refractivity contribution < 1.29 is 27.1 Å². The van der Waals surface area contributed by atoms with Crippen molar-refractivity contribution in [2.24, 2.45) is 5.92 Å². The van der Waals surface area contributed by atoms with Gasteiger partial charge in [0.05, 0.1) is 18.1 Å². The molecule has 2 heterocycles. The summed E-state index contributed by atoms with van der Waals surface area (Å²) in [5.41, 5.74) is 0.733. The first kappa shape index (κ1) is 23.5. The van der Waals surface area contributed by atoms with Crippen LogP contribution in [0.2, 0.25) is 0 Å². The molecule has 0 aliphatic carbocycles. The van der Waals surface area contributed by atoms with E-state index in [0.717, 1.165) is 18.7 Å². The monoisotopic (exact) mass is 455 g/mol. The van der Waals surface area contributed by atoms with Crippen LogP contribution >= 0.6 is 0 Å². The molecule has 0 radical (unpaired) electrons. The maximum atomic E-state index is 14.0. The Morgan fingerprint density at radius 1 is 1.23 bits per heavy atom. The number of halogens is 1. The van der Waals surface area contributed by atoms with Crippen LogP contribution in [0, 0.1) is 11.7 Å². The second-order valence-electron chi connectivity index (χ2n) is 8.38. The van der Waals surface area contributed by atoms with Crippen molar-refractivity contribution in [3.05, 3.63) is 29.6 Å². The van der Waals surface area contributed by atoms with Crippen LogP contribution in [0.3, 0.4) is 0 Å². The maximum absolute atomic E-state index is 14.0. The van der Waals surface area contributed by atoms with Crippen LogP contribution in [-0.2, 0) is 14.6 Å². The molecule has 2 aliphatic heterocycles. The number of urea groups is 1. The number of rotatable bonds is 12. The fourth-order valence-corrected chi connectivity index (χ4v) is 5.40. The number of nitrogens with zero attached hydrogens (tertiary/aromatic N) is 1. The van der Waals surface area contributed by atoms with Gasteiger partial charge in [-0.2, -0.15) is 0 Å². The van der Waals surface area contributed by atoms with Crippen molar-refractivity contribution in [2.75, 3.05) is 44.3 Å². The first-order chi connectivity index (χ1) is 14.7. The van der Waals surface area contributed by atoms with E-state index in [1.807, 2.05) is 6.92 Å². The predicted molar refractivity (Wildman–Crippen MR) is 114 cm³/mol. The summed E-state index contributed by atoms with van der Waals surface area (Å²) >= 11 is 0. The Bertz CT molecular complexity index is 904. The first-order valence-corrected chi connectivity index (χ1v) is 12.5. The summed E-state index contributed by atoms with van der Waals surface area (Å²) in [4.78, 5) is 24.0. The zero-order chi connectivity index (χ0) is 22.4. The van der Waals surface area contributed by atoms with Crippen LogP contribution in [0.15, 0.2) is 18.2 Å². The second kappa shape index (κ2) is 10.4. The molecule has 0 bridgehead atoms. The summed E-state index contributed by atoms with van der Waals surface area (Å²) in [7, 11) is -3.28. The number of benzene rings is 1. The van der Waals surface area contributed by atoms with Gasteiger partial charge in [0.2, 0.25) is 5.91 Å². The SMILES string of the molecule is C[C@@H](CS(=O)(=O)CCCCCN1CC(=O)NC1=O)c1ccc(F)c(OCC2CNC2)c1. The van der Waals surface area contributed by atoms with E-state index in [0.29, 0.717) is 38.3 Å². The molecular weight excluding hydrogens is 425 g/mol.